The minimum absolute atomic E-state index is 0.226. The van der Waals surface area contributed by atoms with Gasteiger partial charge in [0.05, 0.1) is 7.11 Å². The zero-order chi connectivity index (χ0) is 14.4. The Kier molecular flexibility index (Phi) is 5.43. The molecule has 2 aromatic rings. The van der Waals surface area contributed by atoms with Gasteiger partial charge in [-0.05, 0) is 31.2 Å². The molecule has 0 saturated carbocycles. The number of aromatic nitrogens is 2. The van der Waals surface area contributed by atoms with Gasteiger partial charge in [-0.1, -0.05) is 18.3 Å². The van der Waals surface area contributed by atoms with Crippen LogP contribution in [0.1, 0.15) is 18.4 Å². The van der Waals surface area contributed by atoms with Gasteiger partial charge in [-0.25, -0.2) is 4.39 Å². The summed E-state index contributed by atoms with van der Waals surface area (Å²) < 4.78 is 18.3. The third kappa shape index (κ3) is 3.74. The number of ether oxygens (including phenoxy) is 1. The van der Waals surface area contributed by atoms with Crippen molar-refractivity contribution in [1.82, 2.24) is 15.5 Å². The maximum atomic E-state index is 13.4. The van der Waals surface area contributed by atoms with Crippen LogP contribution in [-0.2, 0) is 6.42 Å². The van der Waals surface area contributed by atoms with E-state index in [1.165, 1.54) is 24.5 Å². The zero-order valence-electron chi connectivity index (χ0n) is 11.6. The van der Waals surface area contributed by atoms with Crippen LogP contribution in [0.25, 0.3) is 10.6 Å². The van der Waals surface area contributed by atoms with Crippen LogP contribution in [-0.4, -0.2) is 30.4 Å². The van der Waals surface area contributed by atoms with Crippen LogP contribution in [0.5, 0.6) is 5.75 Å². The molecular weight excluding hydrogens is 277 g/mol. The highest BCUT2D eigenvalue weighted by Crippen LogP contribution is 2.28. The molecule has 0 aliphatic heterocycles. The molecule has 0 radical (unpaired) electrons. The van der Waals surface area contributed by atoms with Crippen molar-refractivity contribution in [1.29, 1.82) is 0 Å². The SMILES string of the molecule is CCCNCCc1nnc(-c2ccc(F)c(OC)c2)s1. The molecule has 1 aromatic carbocycles. The summed E-state index contributed by atoms with van der Waals surface area (Å²) in [6.07, 6.45) is 1.98. The van der Waals surface area contributed by atoms with E-state index in [9.17, 15) is 4.39 Å². The fraction of sp³-hybridized carbons (Fsp3) is 0.429. The van der Waals surface area contributed by atoms with E-state index < -0.39 is 0 Å². The summed E-state index contributed by atoms with van der Waals surface area (Å²) >= 11 is 1.53. The van der Waals surface area contributed by atoms with E-state index in [0.29, 0.717) is 0 Å². The van der Waals surface area contributed by atoms with E-state index in [4.69, 9.17) is 4.74 Å². The summed E-state index contributed by atoms with van der Waals surface area (Å²) in [7, 11) is 1.45. The Bertz CT molecular complexity index is 559. The van der Waals surface area contributed by atoms with Crippen molar-refractivity contribution in [2.75, 3.05) is 20.2 Å². The third-order valence-electron chi connectivity index (χ3n) is 2.81. The lowest BCUT2D eigenvalue weighted by atomic mass is 10.2. The Morgan fingerprint density at radius 2 is 2.15 bits per heavy atom. The van der Waals surface area contributed by atoms with Crippen LogP contribution in [0.15, 0.2) is 18.2 Å². The summed E-state index contributed by atoms with van der Waals surface area (Å²) in [5.74, 6) is -0.145. The van der Waals surface area contributed by atoms with Crippen molar-refractivity contribution in [2.24, 2.45) is 0 Å². The quantitative estimate of drug-likeness (QED) is 0.798. The van der Waals surface area contributed by atoms with Crippen LogP contribution in [0.3, 0.4) is 0 Å². The first-order valence-corrected chi connectivity index (χ1v) is 7.43. The number of nitrogens with one attached hydrogen (secondary N) is 1. The summed E-state index contributed by atoms with van der Waals surface area (Å²) in [6.45, 7) is 4.05. The van der Waals surface area contributed by atoms with Gasteiger partial charge in [-0.15, -0.1) is 10.2 Å². The van der Waals surface area contributed by atoms with Crippen molar-refractivity contribution < 1.29 is 9.13 Å². The first-order chi connectivity index (χ1) is 9.74. The second-order valence-corrected chi connectivity index (χ2v) is 5.41. The lowest BCUT2D eigenvalue weighted by Crippen LogP contribution is -2.17. The maximum Gasteiger partial charge on any atom is 0.165 e. The van der Waals surface area contributed by atoms with Crippen molar-refractivity contribution >= 4 is 11.3 Å². The monoisotopic (exact) mass is 295 g/mol. The third-order valence-corrected chi connectivity index (χ3v) is 3.84. The number of hydrogen-bond donors (Lipinski definition) is 1. The van der Waals surface area contributed by atoms with E-state index in [1.807, 2.05) is 0 Å². The molecule has 20 heavy (non-hydrogen) atoms. The Labute approximate surface area is 122 Å². The predicted molar refractivity (Wildman–Crippen MR) is 78.7 cm³/mol. The minimum Gasteiger partial charge on any atom is -0.494 e. The molecule has 1 aromatic heterocycles. The molecule has 1 N–H and O–H groups in total. The minimum atomic E-state index is -0.371. The van der Waals surface area contributed by atoms with Gasteiger partial charge in [0.1, 0.15) is 10.0 Å². The lowest BCUT2D eigenvalue weighted by Gasteiger charge is -2.02. The summed E-state index contributed by atoms with van der Waals surface area (Å²) in [4.78, 5) is 0. The van der Waals surface area contributed by atoms with Gasteiger partial charge in [0, 0.05) is 18.5 Å². The van der Waals surface area contributed by atoms with Crippen LogP contribution >= 0.6 is 11.3 Å². The number of nitrogens with zero attached hydrogens (tertiary/aromatic N) is 2. The van der Waals surface area contributed by atoms with E-state index in [-0.39, 0.29) is 11.6 Å². The fourth-order valence-electron chi connectivity index (χ4n) is 1.76. The largest absolute Gasteiger partial charge is 0.494 e. The smallest absolute Gasteiger partial charge is 0.165 e. The standard InChI is InChI=1S/C14H18FN3OS/c1-3-7-16-8-6-13-17-18-14(20-13)10-4-5-11(15)12(9-10)19-2/h4-5,9,16H,3,6-8H2,1-2H3. The molecule has 0 aliphatic rings. The van der Waals surface area contributed by atoms with Gasteiger partial charge in [0.15, 0.2) is 11.6 Å². The molecule has 0 amide bonds. The molecule has 1 heterocycles. The topological polar surface area (TPSA) is 47.0 Å². The van der Waals surface area contributed by atoms with E-state index in [1.54, 1.807) is 12.1 Å². The summed E-state index contributed by atoms with van der Waals surface area (Å²) in [6, 6.07) is 4.73. The van der Waals surface area contributed by atoms with Crippen LogP contribution in [0.4, 0.5) is 4.39 Å². The highest BCUT2D eigenvalue weighted by Gasteiger charge is 2.10. The molecule has 0 aliphatic carbocycles. The van der Waals surface area contributed by atoms with Gasteiger partial charge in [-0.3, -0.25) is 0 Å². The van der Waals surface area contributed by atoms with Crippen molar-refractivity contribution in [3.63, 3.8) is 0 Å². The van der Waals surface area contributed by atoms with Crippen LogP contribution < -0.4 is 10.1 Å². The molecule has 0 unspecified atom stereocenters. The second-order valence-electron chi connectivity index (χ2n) is 4.35. The first-order valence-electron chi connectivity index (χ1n) is 6.61. The Morgan fingerprint density at radius 3 is 2.90 bits per heavy atom. The Morgan fingerprint density at radius 1 is 1.30 bits per heavy atom. The summed E-state index contributed by atoms with van der Waals surface area (Å²) in [5.41, 5.74) is 0.827. The maximum absolute atomic E-state index is 13.4. The Balaban J connectivity index is 2.04. The lowest BCUT2D eigenvalue weighted by molar-refractivity contribution is 0.387. The molecule has 0 fully saturated rings. The molecule has 108 valence electrons. The Hall–Kier alpha value is -1.53. The zero-order valence-corrected chi connectivity index (χ0v) is 12.5. The molecule has 2 rings (SSSR count). The highest BCUT2D eigenvalue weighted by molar-refractivity contribution is 7.14. The van der Waals surface area contributed by atoms with E-state index in [0.717, 1.165) is 41.5 Å². The predicted octanol–water partition coefficient (Wildman–Crippen LogP) is 2.89. The van der Waals surface area contributed by atoms with E-state index >= 15 is 0 Å². The molecule has 0 spiro atoms. The molecule has 0 bridgehead atoms. The van der Waals surface area contributed by atoms with Crippen molar-refractivity contribution in [2.45, 2.75) is 19.8 Å². The number of rotatable bonds is 7. The number of methoxy groups -OCH3 is 1. The number of hydrogen-bond acceptors (Lipinski definition) is 5. The molecule has 0 saturated heterocycles. The number of halogens is 1. The second kappa shape index (κ2) is 7.31. The van der Waals surface area contributed by atoms with Gasteiger partial charge in [-0.2, -0.15) is 0 Å². The van der Waals surface area contributed by atoms with Crippen LogP contribution in [0.2, 0.25) is 0 Å². The molecule has 4 nitrogen and oxygen atoms in total. The first kappa shape index (κ1) is 14.9. The van der Waals surface area contributed by atoms with Crippen molar-refractivity contribution in [3.05, 3.63) is 29.0 Å². The van der Waals surface area contributed by atoms with Crippen molar-refractivity contribution in [3.8, 4) is 16.3 Å². The molecule has 6 heteroatoms. The average Bonchev–Trinajstić information content (AvgIpc) is 2.93. The summed E-state index contributed by atoms with van der Waals surface area (Å²) in [5, 5.41) is 13.4. The van der Waals surface area contributed by atoms with Gasteiger partial charge in [0.2, 0.25) is 0 Å². The van der Waals surface area contributed by atoms with E-state index in [2.05, 4.69) is 22.4 Å². The van der Waals surface area contributed by atoms with Gasteiger partial charge in [0.25, 0.3) is 0 Å². The molecule has 0 atom stereocenters. The van der Waals surface area contributed by atoms with Gasteiger partial charge < -0.3 is 10.1 Å². The fourth-order valence-corrected chi connectivity index (χ4v) is 2.60. The number of benzene rings is 1. The normalized spacial score (nSPS) is 10.8. The highest BCUT2D eigenvalue weighted by atomic mass is 32.1. The van der Waals surface area contributed by atoms with Gasteiger partial charge >= 0.3 is 0 Å². The average molecular weight is 295 g/mol. The molecular formula is C14H18FN3OS. The van der Waals surface area contributed by atoms with Crippen LogP contribution in [0, 0.1) is 5.82 Å².